The molecule has 154 valence electrons. The third kappa shape index (κ3) is 4.52. The first kappa shape index (κ1) is 20.1. The van der Waals surface area contributed by atoms with Crippen molar-refractivity contribution in [2.75, 3.05) is 38.2 Å². The molecule has 1 aliphatic carbocycles. The summed E-state index contributed by atoms with van der Waals surface area (Å²) in [6.45, 7) is 6.38. The number of hydrogen-bond donors (Lipinski definition) is 1. The Morgan fingerprint density at radius 2 is 1.93 bits per heavy atom. The van der Waals surface area contributed by atoms with Crippen LogP contribution < -0.4 is 5.32 Å². The van der Waals surface area contributed by atoms with Gasteiger partial charge in [0.05, 0.1) is 25.4 Å². The number of esters is 1. The van der Waals surface area contributed by atoms with Gasteiger partial charge < -0.3 is 14.8 Å². The minimum Gasteiger partial charge on any atom is -0.462 e. The van der Waals surface area contributed by atoms with E-state index in [1.54, 1.807) is 6.92 Å². The molecule has 1 aliphatic heterocycles. The van der Waals surface area contributed by atoms with Crippen molar-refractivity contribution in [1.82, 2.24) is 4.90 Å². The molecule has 29 heavy (non-hydrogen) atoms. The molecule has 0 bridgehead atoms. The van der Waals surface area contributed by atoms with Crippen LogP contribution in [-0.2, 0) is 28.9 Å². The Morgan fingerprint density at radius 3 is 2.66 bits per heavy atom. The molecular formula is C22H26N2O4S. The molecule has 6 nitrogen and oxygen atoms in total. The summed E-state index contributed by atoms with van der Waals surface area (Å²) in [6.07, 6.45) is 2.87. The molecule has 0 spiro atoms. The molecule has 1 fully saturated rings. The predicted octanol–water partition coefficient (Wildman–Crippen LogP) is 3.50. The molecule has 4 rings (SSSR count). The van der Waals surface area contributed by atoms with Crippen LogP contribution in [0.3, 0.4) is 0 Å². The van der Waals surface area contributed by atoms with Gasteiger partial charge in [0.15, 0.2) is 0 Å². The van der Waals surface area contributed by atoms with Gasteiger partial charge in [0.2, 0.25) is 0 Å². The SMILES string of the molecule is CCOC(=O)c1c(NC(=O)c2ccc(CN3CCOCC3)cc2)sc2c1CCC2. The number of carbonyl (C=O) groups excluding carboxylic acids is 2. The number of aryl methyl sites for hydroxylation is 1. The molecule has 7 heteroatoms. The van der Waals surface area contributed by atoms with E-state index in [4.69, 9.17) is 9.47 Å². The maximum Gasteiger partial charge on any atom is 0.341 e. The maximum atomic E-state index is 12.8. The number of hydrogen-bond acceptors (Lipinski definition) is 6. The molecular weight excluding hydrogens is 388 g/mol. The first-order valence-electron chi connectivity index (χ1n) is 10.2. The third-order valence-corrected chi connectivity index (χ3v) is 6.56. The fourth-order valence-corrected chi connectivity index (χ4v) is 5.14. The fourth-order valence-electron chi connectivity index (χ4n) is 3.87. The third-order valence-electron chi connectivity index (χ3n) is 5.35. The van der Waals surface area contributed by atoms with Crippen LogP contribution in [0.4, 0.5) is 5.00 Å². The van der Waals surface area contributed by atoms with Crippen LogP contribution in [0, 0.1) is 0 Å². The van der Waals surface area contributed by atoms with Crippen LogP contribution in [0.25, 0.3) is 0 Å². The van der Waals surface area contributed by atoms with Gasteiger partial charge in [-0.2, -0.15) is 0 Å². The van der Waals surface area contributed by atoms with E-state index >= 15 is 0 Å². The number of nitrogens with zero attached hydrogens (tertiary/aromatic N) is 1. The molecule has 0 saturated carbocycles. The van der Waals surface area contributed by atoms with Gasteiger partial charge in [-0.15, -0.1) is 11.3 Å². The Labute approximate surface area is 174 Å². The van der Waals surface area contributed by atoms with Crippen molar-refractivity contribution in [3.8, 4) is 0 Å². The summed E-state index contributed by atoms with van der Waals surface area (Å²) in [6, 6.07) is 7.67. The maximum absolute atomic E-state index is 12.8. The lowest BCUT2D eigenvalue weighted by atomic mass is 10.1. The second-order valence-electron chi connectivity index (χ2n) is 7.32. The molecule has 2 aliphatic rings. The van der Waals surface area contributed by atoms with Crippen molar-refractivity contribution in [2.24, 2.45) is 0 Å². The number of morpholine rings is 1. The molecule has 1 aromatic heterocycles. The average Bonchev–Trinajstić information content (AvgIpc) is 3.30. The number of fused-ring (bicyclic) bond motifs is 1. The van der Waals surface area contributed by atoms with Gasteiger partial charge >= 0.3 is 5.97 Å². The summed E-state index contributed by atoms with van der Waals surface area (Å²) in [7, 11) is 0. The van der Waals surface area contributed by atoms with E-state index in [0.717, 1.165) is 57.7 Å². The predicted molar refractivity (Wildman–Crippen MR) is 113 cm³/mol. The number of nitrogens with one attached hydrogen (secondary N) is 1. The number of carbonyl (C=O) groups is 2. The molecule has 0 radical (unpaired) electrons. The second kappa shape index (κ2) is 9.07. The van der Waals surface area contributed by atoms with Crippen molar-refractivity contribution in [1.29, 1.82) is 0 Å². The summed E-state index contributed by atoms with van der Waals surface area (Å²) in [5.74, 6) is -0.545. The Morgan fingerprint density at radius 1 is 1.17 bits per heavy atom. The highest BCUT2D eigenvalue weighted by atomic mass is 32.1. The zero-order valence-electron chi connectivity index (χ0n) is 16.7. The highest BCUT2D eigenvalue weighted by molar-refractivity contribution is 7.17. The van der Waals surface area contributed by atoms with Crippen molar-refractivity contribution >= 4 is 28.2 Å². The van der Waals surface area contributed by atoms with Gasteiger partial charge in [-0.25, -0.2) is 4.79 Å². The molecule has 0 unspecified atom stereocenters. The van der Waals surface area contributed by atoms with Crippen molar-refractivity contribution in [3.63, 3.8) is 0 Å². The fraction of sp³-hybridized carbons (Fsp3) is 0.455. The van der Waals surface area contributed by atoms with Crippen LogP contribution in [0.1, 0.15) is 50.1 Å². The lowest BCUT2D eigenvalue weighted by Crippen LogP contribution is -2.35. The Bertz CT molecular complexity index is 885. The zero-order chi connectivity index (χ0) is 20.2. The summed E-state index contributed by atoms with van der Waals surface area (Å²) >= 11 is 1.50. The van der Waals surface area contributed by atoms with Crippen LogP contribution >= 0.6 is 11.3 Å². The largest absolute Gasteiger partial charge is 0.462 e. The first-order valence-corrected chi connectivity index (χ1v) is 11.0. The minimum absolute atomic E-state index is 0.201. The van der Waals surface area contributed by atoms with E-state index < -0.39 is 0 Å². The van der Waals surface area contributed by atoms with E-state index in [-0.39, 0.29) is 11.9 Å². The van der Waals surface area contributed by atoms with E-state index in [9.17, 15) is 9.59 Å². The van der Waals surface area contributed by atoms with Crippen LogP contribution in [0.5, 0.6) is 0 Å². The van der Waals surface area contributed by atoms with Gasteiger partial charge in [0.1, 0.15) is 5.00 Å². The van der Waals surface area contributed by atoms with Gasteiger partial charge in [0.25, 0.3) is 5.91 Å². The lowest BCUT2D eigenvalue weighted by molar-refractivity contribution is 0.0342. The molecule has 2 aromatic rings. The van der Waals surface area contributed by atoms with Gasteiger partial charge in [-0.3, -0.25) is 9.69 Å². The summed E-state index contributed by atoms with van der Waals surface area (Å²) in [5, 5.41) is 3.56. The molecule has 1 amide bonds. The van der Waals surface area contributed by atoms with E-state index in [2.05, 4.69) is 10.2 Å². The topological polar surface area (TPSA) is 67.9 Å². The lowest BCUT2D eigenvalue weighted by Gasteiger charge is -2.26. The Hall–Kier alpha value is -2.22. The number of amides is 1. The summed E-state index contributed by atoms with van der Waals surface area (Å²) in [4.78, 5) is 28.8. The number of ether oxygens (including phenoxy) is 2. The van der Waals surface area contributed by atoms with Crippen molar-refractivity contribution in [3.05, 3.63) is 51.4 Å². The van der Waals surface area contributed by atoms with Crippen LogP contribution in [-0.4, -0.2) is 49.7 Å². The highest BCUT2D eigenvalue weighted by Gasteiger charge is 2.28. The molecule has 1 aromatic carbocycles. The number of rotatable bonds is 6. The first-order chi connectivity index (χ1) is 14.2. The van der Waals surface area contributed by atoms with Crippen molar-refractivity contribution in [2.45, 2.75) is 32.7 Å². The molecule has 0 atom stereocenters. The van der Waals surface area contributed by atoms with Gasteiger partial charge in [-0.05, 0) is 49.4 Å². The van der Waals surface area contributed by atoms with Crippen LogP contribution in [0.15, 0.2) is 24.3 Å². The average molecular weight is 415 g/mol. The standard InChI is InChI=1S/C22H26N2O4S/c1-2-28-22(26)19-17-4-3-5-18(17)29-21(19)23-20(25)16-8-6-15(7-9-16)14-24-10-12-27-13-11-24/h6-9H,2-5,10-14H2,1H3,(H,23,25). The summed E-state index contributed by atoms with van der Waals surface area (Å²) in [5.41, 5.74) is 3.34. The smallest absolute Gasteiger partial charge is 0.341 e. The normalized spacial score (nSPS) is 16.4. The van der Waals surface area contributed by atoms with E-state index in [1.165, 1.54) is 21.8 Å². The molecule has 1 saturated heterocycles. The Kier molecular flexibility index (Phi) is 6.28. The number of thiophene rings is 1. The van der Waals surface area contributed by atoms with Gasteiger partial charge in [0, 0.05) is 30.1 Å². The zero-order valence-corrected chi connectivity index (χ0v) is 17.5. The quantitative estimate of drug-likeness (QED) is 0.733. The number of anilines is 1. The van der Waals surface area contributed by atoms with E-state index in [1.807, 2.05) is 24.3 Å². The molecule has 1 N–H and O–H groups in total. The number of benzene rings is 1. The monoisotopic (exact) mass is 414 g/mol. The van der Waals surface area contributed by atoms with Crippen molar-refractivity contribution < 1.29 is 19.1 Å². The van der Waals surface area contributed by atoms with Crippen LogP contribution in [0.2, 0.25) is 0 Å². The van der Waals surface area contributed by atoms with E-state index in [0.29, 0.717) is 22.7 Å². The Balaban J connectivity index is 1.46. The van der Waals surface area contributed by atoms with Gasteiger partial charge in [-0.1, -0.05) is 12.1 Å². The molecule has 2 heterocycles. The highest BCUT2D eigenvalue weighted by Crippen LogP contribution is 2.39. The minimum atomic E-state index is -0.344. The second-order valence-corrected chi connectivity index (χ2v) is 8.43. The summed E-state index contributed by atoms with van der Waals surface area (Å²) < 4.78 is 10.6.